The van der Waals surface area contributed by atoms with Crippen molar-refractivity contribution in [2.75, 3.05) is 0 Å². The molecule has 0 amide bonds. The number of carbonyl (C=O) groups excluding carboxylic acids is 1. The summed E-state index contributed by atoms with van der Waals surface area (Å²) in [6.07, 6.45) is 4.56. The summed E-state index contributed by atoms with van der Waals surface area (Å²) in [5, 5.41) is 5.13. The largest absolute Gasteiger partial charge is 0.387 e. The number of ketones is 1. The molecule has 3 aromatic rings. The Hall–Kier alpha value is -3.69. The van der Waals surface area contributed by atoms with Crippen LogP contribution >= 0.6 is 0 Å². The molecule has 224 valence electrons. The molecule has 0 aliphatic heterocycles. The summed E-state index contributed by atoms with van der Waals surface area (Å²) in [6, 6.07) is 19.5. The van der Waals surface area contributed by atoms with Crippen molar-refractivity contribution in [3.63, 3.8) is 0 Å². The molecule has 0 fully saturated rings. The van der Waals surface area contributed by atoms with Crippen molar-refractivity contribution < 1.29 is 13.2 Å². The second-order valence-electron chi connectivity index (χ2n) is 9.20. The molecule has 1 aromatic heterocycles. The molecule has 4 N–H and O–H groups in total. The second kappa shape index (κ2) is 20.2. The monoisotopic (exact) mass is 581 g/mol. The van der Waals surface area contributed by atoms with Crippen LogP contribution in [0, 0.1) is 5.92 Å². The Kier molecular flexibility index (Phi) is 18.4. The molecule has 0 atom stereocenters. The van der Waals surface area contributed by atoms with E-state index < -0.39 is 10.0 Å². The number of aliphatic imine (C=N–C) groups is 2. The van der Waals surface area contributed by atoms with E-state index >= 15 is 0 Å². The van der Waals surface area contributed by atoms with Crippen LogP contribution in [-0.2, 0) is 22.9 Å². The Labute approximate surface area is 247 Å². The number of hydrogen-bond acceptors (Lipinski definition) is 5. The van der Waals surface area contributed by atoms with E-state index in [1.165, 1.54) is 31.5 Å². The fraction of sp³-hybridized carbons (Fsp3) is 0.375. The summed E-state index contributed by atoms with van der Waals surface area (Å²) < 4.78 is 23.0. The van der Waals surface area contributed by atoms with Crippen molar-refractivity contribution in [1.29, 1.82) is 0 Å². The van der Waals surface area contributed by atoms with Crippen LogP contribution in [0.4, 0.5) is 5.69 Å². The van der Waals surface area contributed by atoms with Crippen molar-refractivity contribution in [2.24, 2.45) is 26.8 Å². The smallest absolute Gasteiger partial charge is 0.238 e. The summed E-state index contributed by atoms with van der Waals surface area (Å²) in [4.78, 5) is 24.6. The van der Waals surface area contributed by atoms with Crippen molar-refractivity contribution in [2.45, 2.75) is 79.5 Å². The van der Waals surface area contributed by atoms with Crippen LogP contribution in [0.5, 0.6) is 0 Å². The first-order chi connectivity index (χ1) is 19.4. The SMILES string of the molecule is CC.CC(=O)c1cc(S(N)(=O)=O)ccc1N=C(Cc1ccccc1)N=C(C)N.CCC(C)C.CCc1ccccn1. The lowest BCUT2D eigenvalue weighted by molar-refractivity contribution is 0.101. The van der Waals surface area contributed by atoms with Gasteiger partial charge in [-0.1, -0.05) is 84.4 Å². The first-order valence-electron chi connectivity index (χ1n) is 13.9. The number of aromatic nitrogens is 1. The van der Waals surface area contributed by atoms with Gasteiger partial charge in [0.1, 0.15) is 5.84 Å². The van der Waals surface area contributed by atoms with Gasteiger partial charge in [-0.05, 0) is 62.1 Å². The van der Waals surface area contributed by atoms with Crippen LogP contribution < -0.4 is 10.9 Å². The highest BCUT2D eigenvalue weighted by Gasteiger charge is 2.15. The average molecular weight is 582 g/mol. The van der Waals surface area contributed by atoms with Gasteiger partial charge in [0.25, 0.3) is 0 Å². The van der Waals surface area contributed by atoms with Gasteiger partial charge >= 0.3 is 0 Å². The number of Topliss-reactive ketones (excluding diaryl/α,β-unsaturated/α-hetero) is 1. The lowest BCUT2D eigenvalue weighted by Crippen LogP contribution is -2.13. The minimum Gasteiger partial charge on any atom is -0.387 e. The van der Waals surface area contributed by atoms with E-state index in [-0.39, 0.29) is 16.2 Å². The minimum absolute atomic E-state index is 0.145. The number of aryl methyl sites for hydroxylation is 1. The molecule has 0 spiro atoms. The van der Waals surface area contributed by atoms with Crippen LogP contribution in [0.25, 0.3) is 0 Å². The topological polar surface area (TPSA) is 141 Å². The Bertz CT molecular complexity index is 1330. The maximum Gasteiger partial charge on any atom is 0.238 e. The van der Waals surface area contributed by atoms with Gasteiger partial charge in [-0.15, -0.1) is 0 Å². The van der Waals surface area contributed by atoms with E-state index in [9.17, 15) is 13.2 Å². The molecule has 41 heavy (non-hydrogen) atoms. The number of sulfonamides is 1. The highest BCUT2D eigenvalue weighted by Crippen LogP contribution is 2.24. The van der Waals surface area contributed by atoms with Gasteiger partial charge in [0.05, 0.1) is 16.4 Å². The van der Waals surface area contributed by atoms with Gasteiger partial charge in [0.2, 0.25) is 10.0 Å². The van der Waals surface area contributed by atoms with E-state index in [1.54, 1.807) is 6.92 Å². The fourth-order valence-electron chi connectivity index (χ4n) is 2.90. The quantitative estimate of drug-likeness (QED) is 0.177. The van der Waals surface area contributed by atoms with E-state index in [1.807, 2.05) is 68.6 Å². The van der Waals surface area contributed by atoms with Crippen LogP contribution in [-0.4, -0.2) is 30.9 Å². The Morgan fingerprint density at radius 1 is 0.951 bits per heavy atom. The minimum atomic E-state index is -3.92. The van der Waals surface area contributed by atoms with E-state index in [0.29, 0.717) is 23.8 Å². The lowest BCUT2D eigenvalue weighted by atomic mass is 10.1. The van der Waals surface area contributed by atoms with Gasteiger partial charge in [-0.25, -0.2) is 23.5 Å². The third-order valence-corrected chi connectivity index (χ3v) is 6.25. The van der Waals surface area contributed by atoms with Gasteiger partial charge < -0.3 is 5.73 Å². The molecule has 2 aromatic carbocycles. The molecule has 0 aliphatic rings. The van der Waals surface area contributed by atoms with E-state index in [0.717, 1.165) is 23.6 Å². The van der Waals surface area contributed by atoms with Gasteiger partial charge in [0, 0.05) is 23.9 Å². The average Bonchev–Trinajstić information content (AvgIpc) is 2.95. The predicted molar refractivity (Wildman–Crippen MR) is 172 cm³/mol. The van der Waals surface area contributed by atoms with Crippen LogP contribution in [0.2, 0.25) is 0 Å². The van der Waals surface area contributed by atoms with Crippen molar-refractivity contribution >= 4 is 33.2 Å². The van der Waals surface area contributed by atoms with Crippen LogP contribution in [0.15, 0.2) is 87.8 Å². The lowest BCUT2D eigenvalue weighted by Gasteiger charge is -2.08. The number of benzene rings is 2. The maximum atomic E-state index is 11.9. The summed E-state index contributed by atoms with van der Waals surface area (Å²) in [5.41, 5.74) is 8.27. The Balaban J connectivity index is 0.000000872. The van der Waals surface area contributed by atoms with Crippen molar-refractivity contribution in [3.05, 3.63) is 89.7 Å². The van der Waals surface area contributed by atoms with Gasteiger partial charge in [0.15, 0.2) is 5.78 Å². The summed E-state index contributed by atoms with van der Waals surface area (Å²) in [5.74, 6) is 1.28. The molecular weight excluding hydrogens is 534 g/mol. The number of pyridine rings is 1. The molecule has 0 bridgehead atoms. The third-order valence-electron chi connectivity index (χ3n) is 5.34. The van der Waals surface area contributed by atoms with Gasteiger partial charge in [-0.3, -0.25) is 9.78 Å². The zero-order chi connectivity index (χ0) is 31.4. The summed E-state index contributed by atoms with van der Waals surface area (Å²) in [6.45, 7) is 15.7. The van der Waals surface area contributed by atoms with Crippen molar-refractivity contribution in [1.82, 2.24) is 4.98 Å². The Morgan fingerprint density at radius 2 is 1.54 bits per heavy atom. The summed E-state index contributed by atoms with van der Waals surface area (Å²) >= 11 is 0. The first-order valence-corrected chi connectivity index (χ1v) is 15.4. The van der Waals surface area contributed by atoms with Gasteiger partial charge in [-0.2, -0.15) is 0 Å². The molecule has 0 saturated carbocycles. The second-order valence-corrected chi connectivity index (χ2v) is 10.8. The number of nitrogens with two attached hydrogens (primary N) is 2. The maximum absolute atomic E-state index is 11.9. The highest BCUT2D eigenvalue weighted by atomic mass is 32.2. The number of hydrogen-bond donors (Lipinski definition) is 2. The Morgan fingerprint density at radius 3 is 1.95 bits per heavy atom. The molecule has 9 heteroatoms. The van der Waals surface area contributed by atoms with Crippen LogP contribution in [0.1, 0.15) is 83.4 Å². The first kappa shape index (κ1) is 37.3. The fourth-order valence-corrected chi connectivity index (χ4v) is 3.44. The molecule has 0 radical (unpaired) electrons. The molecule has 0 unspecified atom stereocenters. The third kappa shape index (κ3) is 16.2. The predicted octanol–water partition coefficient (Wildman–Crippen LogP) is 6.91. The number of amidine groups is 2. The van der Waals surface area contributed by atoms with Crippen LogP contribution in [0.3, 0.4) is 0 Å². The van der Waals surface area contributed by atoms with E-state index in [2.05, 4.69) is 42.7 Å². The standard InChI is InChI=1S/C18H20N4O3S.C7H9N.C5H12.C2H6/c1-12(23)16-11-15(26(20,24)25)8-9-17(16)22-18(21-13(2)19)10-14-6-4-3-5-7-14;1-2-7-5-3-4-6-8-7;1-4-5(2)3;1-2/h3-9,11H,10H2,1-2H3,(H2,19,21,22)(H2,20,24,25);3-6H,2H2,1H3;5H,4H2,1-3H3;1-2H3. The molecule has 8 nitrogen and oxygen atoms in total. The summed E-state index contributed by atoms with van der Waals surface area (Å²) in [7, 11) is -3.92. The molecule has 3 rings (SSSR count). The molecule has 1 heterocycles. The number of primary sulfonamides is 1. The highest BCUT2D eigenvalue weighted by molar-refractivity contribution is 7.89. The van der Waals surface area contributed by atoms with Crippen molar-refractivity contribution in [3.8, 4) is 0 Å². The molecule has 0 aliphatic carbocycles. The normalized spacial score (nSPS) is 11.3. The molecular formula is C32H47N5O3S. The zero-order valence-electron chi connectivity index (χ0n) is 25.8. The number of carbonyl (C=O) groups is 1. The number of nitrogens with zero attached hydrogens (tertiary/aromatic N) is 3. The van der Waals surface area contributed by atoms with E-state index in [4.69, 9.17) is 10.9 Å². The number of rotatable bonds is 7. The molecule has 0 saturated heterocycles. The zero-order valence-corrected chi connectivity index (χ0v) is 26.6.